The van der Waals surface area contributed by atoms with Crippen molar-refractivity contribution >= 4 is 17.4 Å². The fourth-order valence-corrected chi connectivity index (χ4v) is 2.55. The molecule has 1 atom stereocenters. The highest BCUT2D eigenvalue weighted by molar-refractivity contribution is 5.97. The van der Waals surface area contributed by atoms with Crippen LogP contribution in [0.3, 0.4) is 0 Å². The van der Waals surface area contributed by atoms with E-state index < -0.39 is 23.1 Å². The summed E-state index contributed by atoms with van der Waals surface area (Å²) in [6, 6.07) is 9.15. The summed E-state index contributed by atoms with van der Waals surface area (Å²) in [5.41, 5.74) is 5.41. The average molecular weight is 354 g/mol. The van der Waals surface area contributed by atoms with Crippen molar-refractivity contribution in [3.8, 4) is 0 Å². The first-order valence-electron chi connectivity index (χ1n) is 8.13. The number of nitrogens with one attached hydrogen (secondary N) is 1. The molecule has 1 aromatic heterocycles. The van der Waals surface area contributed by atoms with E-state index in [1.165, 1.54) is 16.7 Å². The molecule has 3 N–H and O–H groups in total. The zero-order valence-corrected chi connectivity index (χ0v) is 14.6. The molecule has 0 bridgehead atoms. The number of aromatic nitrogens is 2. The normalized spacial score (nSPS) is 11.6. The van der Waals surface area contributed by atoms with E-state index in [2.05, 4.69) is 18.5 Å². The van der Waals surface area contributed by atoms with Gasteiger partial charge < -0.3 is 11.1 Å². The molecule has 1 heterocycles. The fraction of sp³-hybridized carbons (Fsp3) is 0.211. The zero-order chi connectivity index (χ0) is 19.3. The number of carbonyl (C=O) groups is 1. The third-order valence-corrected chi connectivity index (χ3v) is 4.03. The minimum absolute atomic E-state index is 0.00615. The lowest BCUT2D eigenvalue weighted by Crippen LogP contribution is -2.42. The van der Waals surface area contributed by atoms with Crippen molar-refractivity contribution < 1.29 is 4.79 Å². The highest BCUT2D eigenvalue weighted by Gasteiger charge is 2.21. The second-order valence-corrected chi connectivity index (χ2v) is 5.77. The van der Waals surface area contributed by atoms with Crippen LogP contribution in [0.5, 0.6) is 0 Å². The first kappa shape index (κ1) is 19.0. The predicted molar refractivity (Wildman–Crippen MR) is 103 cm³/mol. The van der Waals surface area contributed by atoms with Gasteiger partial charge in [-0.3, -0.25) is 18.7 Å². The van der Waals surface area contributed by atoms with Gasteiger partial charge in [-0.05, 0) is 12.5 Å². The van der Waals surface area contributed by atoms with Crippen LogP contribution in [0, 0.1) is 0 Å². The minimum Gasteiger partial charge on any atom is -0.383 e. The van der Waals surface area contributed by atoms with E-state index in [1.807, 2.05) is 30.3 Å². The number of hydrogen-bond donors (Lipinski definition) is 2. The highest BCUT2D eigenvalue weighted by Crippen LogP contribution is 2.18. The molecule has 136 valence electrons. The van der Waals surface area contributed by atoms with E-state index in [4.69, 9.17) is 5.73 Å². The Kier molecular flexibility index (Phi) is 5.95. The molecule has 0 aliphatic rings. The first-order valence-corrected chi connectivity index (χ1v) is 8.13. The predicted octanol–water partition coefficient (Wildman–Crippen LogP) is 1.71. The molecular formula is C19H22N4O3. The third kappa shape index (κ3) is 3.66. The SMILES string of the molecule is C=CCn1c(N)c(NC(=O)[C@@H](C)c2ccccc2)c(=O)n(CC=C)c1=O. The van der Waals surface area contributed by atoms with E-state index in [1.54, 1.807) is 6.92 Å². The van der Waals surface area contributed by atoms with E-state index in [9.17, 15) is 14.4 Å². The van der Waals surface area contributed by atoms with E-state index >= 15 is 0 Å². The molecule has 7 nitrogen and oxygen atoms in total. The summed E-state index contributed by atoms with van der Waals surface area (Å²) in [6.07, 6.45) is 2.91. The zero-order valence-electron chi connectivity index (χ0n) is 14.6. The number of nitrogen functional groups attached to an aromatic ring is 1. The Bertz CT molecular complexity index is 942. The van der Waals surface area contributed by atoms with Gasteiger partial charge in [0.05, 0.1) is 5.92 Å². The van der Waals surface area contributed by atoms with Gasteiger partial charge in [-0.15, -0.1) is 13.2 Å². The molecule has 1 amide bonds. The van der Waals surface area contributed by atoms with Crippen LogP contribution in [-0.2, 0) is 17.9 Å². The van der Waals surface area contributed by atoms with Crippen LogP contribution in [0.15, 0.2) is 65.2 Å². The van der Waals surface area contributed by atoms with Gasteiger partial charge in [0, 0.05) is 13.1 Å². The van der Waals surface area contributed by atoms with Crippen LogP contribution in [0.25, 0.3) is 0 Å². The second kappa shape index (κ2) is 8.15. The monoisotopic (exact) mass is 354 g/mol. The summed E-state index contributed by atoms with van der Waals surface area (Å²) in [7, 11) is 0. The van der Waals surface area contributed by atoms with E-state index in [-0.39, 0.29) is 24.6 Å². The molecule has 7 heteroatoms. The van der Waals surface area contributed by atoms with Gasteiger partial charge in [0.1, 0.15) is 11.5 Å². The molecule has 0 aliphatic heterocycles. The van der Waals surface area contributed by atoms with Crippen molar-refractivity contribution in [3.05, 3.63) is 82.0 Å². The quantitative estimate of drug-likeness (QED) is 0.739. The minimum atomic E-state index is -0.665. The van der Waals surface area contributed by atoms with Gasteiger partial charge in [-0.25, -0.2) is 4.79 Å². The Morgan fingerprint density at radius 3 is 2.31 bits per heavy atom. The topological polar surface area (TPSA) is 99.1 Å². The van der Waals surface area contributed by atoms with Crippen molar-refractivity contribution in [3.63, 3.8) is 0 Å². The van der Waals surface area contributed by atoms with Crippen molar-refractivity contribution in [2.24, 2.45) is 0 Å². The Labute approximate surface area is 151 Å². The molecule has 26 heavy (non-hydrogen) atoms. The lowest BCUT2D eigenvalue weighted by atomic mass is 10.0. The molecular weight excluding hydrogens is 332 g/mol. The number of anilines is 2. The maximum Gasteiger partial charge on any atom is 0.333 e. The Morgan fingerprint density at radius 1 is 1.15 bits per heavy atom. The summed E-state index contributed by atoms with van der Waals surface area (Å²) in [4.78, 5) is 37.7. The molecule has 0 fully saturated rings. The molecule has 0 saturated carbocycles. The van der Waals surface area contributed by atoms with Crippen LogP contribution >= 0.6 is 0 Å². The van der Waals surface area contributed by atoms with Gasteiger partial charge in [-0.2, -0.15) is 0 Å². The number of rotatable bonds is 7. The summed E-state index contributed by atoms with van der Waals surface area (Å²) < 4.78 is 2.15. The number of hydrogen-bond acceptors (Lipinski definition) is 4. The molecule has 0 radical (unpaired) electrons. The van der Waals surface area contributed by atoms with Crippen molar-refractivity contribution in [2.75, 3.05) is 11.1 Å². The maximum absolute atomic E-state index is 12.6. The Morgan fingerprint density at radius 2 is 1.73 bits per heavy atom. The summed E-state index contributed by atoms with van der Waals surface area (Å²) in [5, 5.41) is 2.58. The number of nitrogens with two attached hydrogens (primary N) is 1. The lowest BCUT2D eigenvalue weighted by Gasteiger charge is -2.17. The van der Waals surface area contributed by atoms with Crippen molar-refractivity contribution in [2.45, 2.75) is 25.9 Å². The van der Waals surface area contributed by atoms with Crippen LogP contribution in [0.1, 0.15) is 18.4 Å². The summed E-state index contributed by atoms with van der Waals surface area (Å²) >= 11 is 0. The molecule has 0 saturated heterocycles. The molecule has 0 aliphatic carbocycles. The standard InChI is InChI=1S/C19H22N4O3/c1-4-11-22-16(20)15(18(25)23(12-5-2)19(22)26)21-17(24)13(3)14-9-7-6-8-10-14/h4-10,13H,1-2,11-12,20H2,3H3,(H,21,24)/t13-/m0/s1. The molecule has 1 aromatic carbocycles. The smallest absolute Gasteiger partial charge is 0.333 e. The first-order chi connectivity index (χ1) is 12.4. The van der Waals surface area contributed by atoms with E-state index in [0.717, 1.165) is 10.1 Å². The third-order valence-electron chi connectivity index (χ3n) is 4.03. The number of nitrogens with zero attached hydrogens (tertiary/aromatic N) is 2. The Hall–Kier alpha value is -3.35. The van der Waals surface area contributed by atoms with Crippen LogP contribution < -0.4 is 22.3 Å². The lowest BCUT2D eigenvalue weighted by molar-refractivity contribution is -0.117. The van der Waals surface area contributed by atoms with Gasteiger partial charge >= 0.3 is 5.69 Å². The number of benzene rings is 1. The second-order valence-electron chi connectivity index (χ2n) is 5.77. The highest BCUT2D eigenvalue weighted by atomic mass is 16.2. The largest absolute Gasteiger partial charge is 0.383 e. The van der Waals surface area contributed by atoms with Crippen LogP contribution in [-0.4, -0.2) is 15.0 Å². The van der Waals surface area contributed by atoms with Gasteiger partial charge in [0.15, 0.2) is 0 Å². The van der Waals surface area contributed by atoms with Crippen molar-refractivity contribution in [1.82, 2.24) is 9.13 Å². The Balaban J connectivity index is 2.50. The molecule has 0 unspecified atom stereocenters. The molecule has 2 aromatic rings. The van der Waals surface area contributed by atoms with Crippen LogP contribution in [0.4, 0.5) is 11.5 Å². The molecule has 0 spiro atoms. The number of amides is 1. The molecule has 2 rings (SSSR count). The fourth-order valence-electron chi connectivity index (χ4n) is 2.55. The summed E-state index contributed by atoms with van der Waals surface area (Å²) in [5.74, 6) is -0.995. The number of carbonyl (C=O) groups excluding carboxylic acids is 1. The maximum atomic E-state index is 12.6. The van der Waals surface area contributed by atoms with Crippen LogP contribution in [0.2, 0.25) is 0 Å². The van der Waals surface area contributed by atoms with Gasteiger partial charge in [0.25, 0.3) is 5.56 Å². The average Bonchev–Trinajstić information content (AvgIpc) is 2.65. The number of allylic oxidation sites excluding steroid dienone is 2. The van der Waals surface area contributed by atoms with Crippen molar-refractivity contribution in [1.29, 1.82) is 0 Å². The van der Waals surface area contributed by atoms with Gasteiger partial charge in [0.2, 0.25) is 5.91 Å². The summed E-state index contributed by atoms with van der Waals surface area (Å²) in [6.45, 7) is 8.97. The van der Waals surface area contributed by atoms with Gasteiger partial charge in [-0.1, -0.05) is 42.5 Å². The van der Waals surface area contributed by atoms with E-state index in [0.29, 0.717) is 0 Å².